The normalized spacial score (nSPS) is 15.3. The van der Waals surface area contributed by atoms with Crippen LogP contribution >= 0.6 is 0 Å². The van der Waals surface area contributed by atoms with Crippen molar-refractivity contribution < 1.29 is 33.0 Å². The van der Waals surface area contributed by atoms with E-state index in [0.29, 0.717) is 53.9 Å². The summed E-state index contributed by atoms with van der Waals surface area (Å²) in [6, 6.07) is 7.63. The summed E-state index contributed by atoms with van der Waals surface area (Å²) in [5.41, 5.74) is 4.78. The van der Waals surface area contributed by atoms with Crippen LogP contribution in [-0.2, 0) is 22.4 Å². The lowest BCUT2D eigenvalue weighted by Crippen LogP contribution is -2.30. The molecule has 1 amide bonds. The zero-order valence-electron chi connectivity index (χ0n) is 24.3. The number of rotatable bonds is 5. The average Bonchev–Trinajstić information content (AvgIpc) is 3.33. The van der Waals surface area contributed by atoms with Gasteiger partial charge in [0.05, 0.1) is 12.2 Å². The number of amides is 1. The zero-order chi connectivity index (χ0) is 29.8. The molecule has 2 aliphatic heterocycles. The van der Waals surface area contributed by atoms with Crippen LogP contribution in [0.15, 0.2) is 30.3 Å². The summed E-state index contributed by atoms with van der Waals surface area (Å²) in [4.78, 5) is 28.0. The fourth-order valence-electron chi connectivity index (χ4n) is 6.04. The van der Waals surface area contributed by atoms with Crippen molar-refractivity contribution in [2.45, 2.75) is 72.5 Å². The Morgan fingerprint density at radius 3 is 2.44 bits per heavy atom. The Morgan fingerprint density at radius 1 is 1.02 bits per heavy atom. The summed E-state index contributed by atoms with van der Waals surface area (Å²) in [7, 11) is 0. The molecule has 0 aliphatic carbocycles. The molecule has 0 aromatic heterocycles. The third kappa shape index (κ3) is 5.10. The molecule has 6 nitrogen and oxygen atoms in total. The minimum Gasteiger partial charge on any atom is -0.490 e. The predicted molar refractivity (Wildman–Crippen MR) is 153 cm³/mol. The maximum atomic E-state index is 15.5. The number of halogens is 2. The molecule has 5 rings (SSSR count). The first-order chi connectivity index (χ1) is 19.3. The smallest absolute Gasteiger partial charge is 0.337 e. The van der Waals surface area contributed by atoms with E-state index >= 15 is 4.39 Å². The van der Waals surface area contributed by atoms with Crippen LogP contribution in [0.4, 0.5) is 14.5 Å². The van der Waals surface area contributed by atoms with Gasteiger partial charge in [0.1, 0.15) is 5.82 Å². The van der Waals surface area contributed by atoms with E-state index < -0.39 is 29.3 Å². The number of carbonyl (C=O) groups is 2. The fourth-order valence-corrected chi connectivity index (χ4v) is 6.04. The van der Waals surface area contributed by atoms with Gasteiger partial charge < -0.3 is 19.5 Å². The second-order valence-electron chi connectivity index (χ2n) is 11.8. The molecule has 0 saturated heterocycles. The first-order valence-electron chi connectivity index (χ1n) is 13.9. The zero-order valence-corrected chi connectivity index (χ0v) is 24.3. The van der Waals surface area contributed by atoms with Crippen LogP contribution in [0.5, 0.6) is 5.75 Å². The van der Waals surface area contributed by atoms with Gasteiger partial charge >= 0.3 is 5.97 Å². The number of anilines is 1. The number of fused-ring (bicyclic) bond motifs is 2. The van der Waals surface area contributed by atoms with E-state index in [2.05, 4.69) is 0 Å². The first kappa shape index (κ1) is 28.7. The standard InChI is InChI=1S/C33H35F2NO5/c1-17-15-26-22(12-13-36(26)31(37)21-9-7-11-24(34)19(21)3)28(27(17)30(32(38)39)41-33(4,5)6)23-16-25(35)29-20(18(23)2)10-8-14-40-29/h7,9,11,15-16,30H,8,10,12-14H2,1-6H3,(H,38,39). The van der Waals surface area contributed by atoms with Gasteiger partial charge in [-0.05, 0) is 118 Å². The Morgan fingerprint density at radius 2 is 1.76 bits per heavy atom. The highest BCUT2D eigenvalue weighted by atomic mass is 19.1. The quantitative estimate of drug-likeness (QED) is 0.361. The first-order valence-corrected chi connectivity index (χ1v) is 13.9. The third-order valence-electron chi connectivity index (χ3n) is 7.94. The number of carboxylic acids is 1. The Labute approximate surface area is 238 Å². The number of aliphatic carboxylic acids is 1. The SMILES string of the molecule is Cc1cc2c(c(-c3cc(F)c4c(c3C)CCCO4)c1C(OC(C)(C)C)C(=O)O)CCN2C(=O)c1cccc(F)c1C. The van der Waals surface area contributed by atoms with Gasteiger partial charge in [0, 0.05) is 28.9 Å². The van der Waals surface area contributed by atoms with Crippen molar-refractivity contribution >= 4 is 17.6 Å². The van der Waals surface area contributed by atoms with Crippen LogP contribution in [-0.4, -0.2) is 35.7 Å². The van der Waals surface area contributed by atoms with Crippen LogP contribution in [0.25, 0.3) is 11.1 Å². The molecule has 8 heteroatoms. The summed E-state index contributed by atoms with van der Waals surface area (Å²) in [5, 5.41) is 10.4. The van der Waals surface area contributed by atoms with E-state index in [0.717, 1.165) is 23.1 Å². The highest BCUT2D eigenvalue weighted by molar-refractivity contribution is 6.09. The maximum Gasteiger partial charge on any atom is 0.337 e. The van der Waals surface area contributed by atoms with E-state index in [1.54, 1.807) is 51.7 Å². The van der Waals surface area contributed by atoms with E-state index in [-0.39, 0.29) is 22.8 Å². The van der Waals surface area contributed by atoms with Crippen LogP contribution in [0, 0.1) is 32.4 Å². The van der Waals surface area contributed by atoms with Crippen LogP contribution in [0.2, 0.25) is 0 Å². The van der Waals surface area contributed by atoms with Crippen molar-refractivity contribution in [3.63, 3.8) is 0 Å². The van der Waals surface area contributed by atoms with Crippen LogP contribution < -0.4 is 9.64 Å². The van der Waals surface area contributed by atoms with Crippen LogP contribution in [0.3, 0.4) is 0 Å². The molecule has 0 fully saturated rings. The second kappa shape index (κ2) is 10.6. The molecule has 41 heavy (non-hydrogen) atoms. The lowest BCUT2D eigenvalue weighted by atomic mass is 9.83. The molecule has 0 bridgehead atoms. The summed E-state index contributed by atoms with van der Waals surface area (Å²) >= 11 is 0. The summed E-state index contributed by atoms with van der Waals surface area (Å²) in [5.74, 6) is -2.24. The van der Waals surface area contributed by atoms with Gasteiger partial charge in [-0.1, -0.05) is 6.07 Å². The Bertz CT molecular complexity index is 1570. The van der Waals surface area contributed by atoms with Gasteiger partial charge in [0.2, 0.25) is 0 Å². The Hall–Kier alpha value is -3.78. The highest BCUT2D eigenvalue weighted by Gasteiger charge is 2.37. The molecule has 0 spiro atoms. The molecular formula is C33H35F2NO5. The monoisotopic (exact) mass is 563 g/mol. The Kier molecular flexibility index (Phi) is 7.40. The lowest BCUT2D eigenvalue weighted by molar-refractivity contribution is -0.160. The molecule has 1 unspecified atom stereocenters. The topological polar surface area (TPSA) is 76.1 Å². The molecule has 2 aliphatic rings. The minimum absolute atomic E-state index is 0.238. The van der Waals surface area contributed by atoms with Crippen molar-refractivity contribution in [3.8, 4) is 16.9 Å². The van der Waals surface area contributed by atoms with E-state index in [9.17, 15) is 19.1 Å². The fraction of sp³-hybridized carbons (Fsp3) is 0.394. The number of carbonyl (C=O) groups excluding carboxylic acids is 1. The second-order valence-corrected chi connectivity index (χ2v) is 11.8. The van der Waals surface area contributed by atoms with Gasteiger partial charge in [0.15, 0.2) is 17.7 Å². The highest BCUT2D eigenvalue weighted by Crippen LogP contribution is 2.48. The summed E-state index contributed by atoms with van der Waals surface area (Å²) in [6.07, 6.45) is 0.462. The van der Waals surface area contributed by atoms with E-state index in [1.807, 2.05) is 6.92 Å². The molecule has 3 aromatic rings. The Balaban J connectivity index is 1.78. The van der Waals surface area contributed by atoms with Crippen molar-refractivity contribution in [2.24, 2.45) is 0 Å². The minimum atomic E-state index is -1.33. The molecule has 216 valence electrons. The third-order valence-corrected chi connectivity index (χ3v) is 7.94. The van der Waals surface area contributed by atoms with Gasteiger partial charge in [-0.25, -0.2) is 13.6 Å². The molecule has 0 saturated carbocycles. The van der Waals surface area contributed by atoms with Gasteiger partial charge in [0.25, 0.3) is 5.91 Å². The summed E-state index contributed by atoms with van der Waals surface area (Å²) in [6.45, 7) is 11.4. The van der Waals surface area contributed by atoms with Gasteiger partial charge in [-0.15, -0.1) is 0 Å². The number of aryl methyl sites for hydroxylation is 1. The molecule has 1 N–H and O–H groups in total. The number of ether oxygens (including phenoxy) is 2. The lowest BCUT2D eigenvalue weighted by Gasteiger charge is -2.30. The molecule has 3 aromatic carbocycles. The maximum absolute atomic E-state index is 15.5. The summed E-state index contributed by atoms with van der Waals surface area (Å²) < 4.78 is 41.7. The van der Waals surface area contributed by atoms with Crippen molar-refractivity contribution in [2.75, 3.05) is 18.1 Å². The number of hydrogen-bond donors (Lipinski definition) is 1. The molecule has 0 radical (unpaired) electrons. The largest absolute Gasteiger partial charge is 0.490 e. The average molecular weight is 564 g/mol. The molecule has 1 atom stereocenters. The predicted octanol–water partition coefficient (Wildman–Crippen LogP) is 7.03. The van der Waals surface area contributed by atoms with E-state index in [1.165, 1.54) is 18.2 Å². The number of carboxylic acid groups (broad SMARTS) is 1. The molecular weight excluding hydrogens is 528 g/mol. The number of benzene rings is 3. The van der Waals surface area contributed by atoms with Crippen molar-refractivity contribution in [1.82, 2.24) is 0 Å². The van der Waals surface area contributed by atoms with Gasteiger partial charge in [-0.3, -0.25) is 4.79 Å². The van der Waals surface area contributed by atoms with E-state index in [4.69, 9.17) is 9.47 Å². The number of hydrogen-bond acceptors (Lipinski definition) is 4. The van der Waals surface area contributed by atoms with Crippen molar-refractivity contribution in [1.29, 1.82) is 0 Å². The number of nitrogens with zero attached hydrogens (tertiary/aromatic N) is 1. The van der Waals surface area contributed by atoms with Gasteiger partial charge in [-0.2, -0.15) is 0 Å². The molecule has 2 heterocycles. The van der Waals surface area contributed by atoms with Crippen molar-refractivity contribution in [3.05, 3.63) is 80.9 Å². The van der Waals surface area contributed by atoms with Crippen LogP contribution in [0.1, 0.15) is 77.0 Å².